The van der Waals surface area contributed by atoms with Gasteiger partial charge in [-0.3, -0.25) is 0 Å². The van der Waals surface area contributed by atoms with Crippen LogP contribution in [0.5, 0.6) is 23.0 Å². The molecule has 0 aromatic heterocycles. The second-order valence-electron chi connectivity index (χ2n) is 4.94. The number of hydrogen-bond acceptors (Lipinski definition) is 4. The molecule has 0 aliphatic carbocycles. The van der Waals surface area contributed by atoms with Crippen LogP contribution in [0, 0.1) is 0 Å². The lowest BCUT2D eigenvalue weighted by molar-refractivity contribution is 0.174. The van der Waals surface area contributed by atoms with E-state index < -0.39 is 0 Å². The quantitative estimate of drug-likeness (QED) is 0.812. The number of rotatable bonds is 6. The van der Waals surface area contributed by atoms with E-state index in [2.05, 4.69) is 24.4 Å². The van der Waals surface area contributed by atoms with E-state index >= 15 is 0 Å². The largest absolute Gasteiger partial charge is 0.457 e. The fourth-order valence-electron chi connectivity index (χ4n) is 2.16. The Bertz CT molecular complexity index is 601. The summed E-state index contributed by atoms with van der Waals surface area (Å²) < 4.78 is 16.5. The first-order valence-electron chi connectivity index (χ1n) is 7.22. The maximum absolute atomic E-state index is 5.83. The van der Waals surface area contributed by atoms with E-state index in [1.54, 1.807) is 0 Å². The molecule has 0 radical (unpaired) electrons. The van der Waals surface area contributed by atoms with Crippen molar-refractivity contribution in [3.63, 3.8) is 0 Å². The number of ether oxygens (including phenoxy) is 3. The van der Waals surface area contributed by atoms with Crippen molar-refractivity contribution in [2.24, 2.45) is 0 Å². The van der Waals surface area contributed by atoms with Crippen molar-refractivity contribution in [1.82, 2.24) is 5.32 Å². The second-order valence-corrected chi connectivity index (χ2v) is 4.94. The smallest absolute Gasteiger partial charge is 0.231 e. The molecule has 0 spiro atoms. The summed E-state index contributed by atoms with van der Waals surface area (Å²) >= 11 is 0. The zero-order chi connectivity index (χ0) is 14.5. The van der Waals surface area contributed by atoms with E-state index in [1.165, 1.54) is 5.56 Å². The molecule has 0 atom stereocenters. The topological polar surface area (TPSA) is 39.7 Å². The van der Waals surface area contributed by atoms with Crippen molar-refractivity contribution in [3.05, 3.63) is 48.0 Å². The third kappa shape index (κ3) is 4.06. The van der Waals surface area contributed by atoms with Gasteiger partial charge in [-0.1, -0.05) is 19.1 Å². The first kappa shape index (κ1) is 16.5. The fourth-order valence-corrected chi connectivity index (χ4v) is 2.16. The summed E-state index contributed by atoms with van der Waals surface area (Å²) in [4.78, 5) is 0. The van der Waals surface area contributed by atoms with Crippen LogP contribution in [-0.2, 0) is 6.54 Å². The average molecular weight is 322 g/mol. The summed E-state index contributed by atoms with van der Waals surface area (Å²) in [6.45, 7) is 4.36. The normalized spacial score (nSPS) is 11.9. The summed E-state index contributed by atoms with van der Waals surface area (Å²) in [6, 6.07) is 13.7. The van der Waals surface area contributed by atoms with Crippen molar-refractivity contribution in [3.8, 4) is 23.0 Å². The van der Waals surface area contributed by atoms with Gasteiger partial charge in [0.1, 0.15) is 11.5 Å². The molecular formula is C17H20ClNO3. The maximum Gasteiger partial charge on any atom is 0.231 e. The number of hydrogen-bond donors (Lipinski definition) is 1. The average Bonchev–Trinajstić information content (AvgIpc) is 2.97. The van der Waals surface area contributed by atoms with Crippen LogP contribution in [0.15, 0.2) is 42.5 Å². The minimum absolute atomic E-state index is 0. The van der Waals surface area contributed by atoms with E-state index in [-0.39, 0.29) is 19.2 Å². The van der Waals surface area contributed by atoms with Crippen LogP contribution in [0.1, 0.15) is 18.9 Å². The zero-order valence-corrected chi connectivity index (χ0v) is 13.3. The molecule has 2 aromatic rings. The van der Waals surface area contributed by atoms with Crippen molar-refractivity contribution in [2.75, 3.05) is 13.3 Å². The van der Waals surface area contributed by atoms with E-state index in [0.29, 0.717) is 0 Å². The Morgan fingerprint density at radius 2 is 1.73 bits per heavy atom. The standard InChI is InChI=1S/C17H19NO3.ClH/c1-2-9-18-11-13-3-5-14(6-4-13)21-15-7-8-16-17(10-15)20-12-19-16;/h3-8,10,18H,2,9,11-12H2,1H3;1H. The number of nitrogens with one attached hydrogen (secondary N) is 1. The molecule has 118 valence electrons. The van der Waals surface area contributed by atoms with Crippen LogP contribution >= 0.6 is 12.4 Å². The van der Waals surface area contributed by atoms with E-state index in [9.17, 15) is 0 Å². The Kier molecular flexibility index (Phi) is 5.92. The van der Waals surface area contributed by atoms with Crippen molar-refractivity contribution in [2.45, 2.75) is 19.9 Å². The van der Waals surface area contributed by atoms with Gasteiger partial charge < -0.3 is 19.5 Å². The highest BCUT2D eigenvalue weighted by molar-refractivity contribution is 5.85. The molecule has 0 fully saturated rings. The van der Waals surface area contributed by atoms with Crippen LogP contribution in [-0.4, -0.2) is 13.3 Å². The van der Waals surface area contributed by atoms with Crippen LogP contribution in [0.3, 0.4) is 0 Å². The molecule has 1 heterocycles. The summed E-state index contributed by atoms with van der Waals surface area (Å²) in [5, 5.41) is 3.38. The molecular weight excluding hydrogens is 302 g/mol. The number of benzene rings is 2. The minimum atomic E-state index is 0. The number of fused-ring (bicyclic) bond motifs is 1. The van der Waals surface area contributed by atoms with Gasteiger partial charge in [0, 0.05) is 12.6 Å². The maximum atomic E-state index is 5.83. The first-order valence-corrected chi connectivity index (χ1v) is 7.22. The second kappa shape index (κ2) is 7.92. The van der Waals surface area contributed by atoms with E-state index in [0.717, 1.165) is 42.5 Å². The summed E-state index contributed by atoms with van der Waals surface area (Å²) in [5.41, 5.74) is 1.25. The molecule has 5 heteroatoms. The van der Waals surface area contributed by atoms with Crippen LogP contribution in [0.4, 0.5) is 0 Å². The Labute approximate surface area is 136 Å². The summed E-state index contributed by atoms with van der Waals surface area (Å²) in [7, 11) is 0. The number of halogens is 1. The van der Waals surface area contributed by atoms with Gasteiger partial charge in [0.15, 0.2) is 11.5 Å². The molecule has 0 bridgehead atoms. The van der Waals surface area contributed by atoms with Crippen LogP contribution in [0.25, 0.3) is 0 Å². The van der Waals surface area contributed by atoms with Gasteiger partial charge in [0.05, 0.1) is 0 Å². The molecule has 0 saturated carbocycles. The van der Waals surface area contributed by atoms with Gasteiger partial charge in [-0.05, 0) is 42.8 Å². The zero-order valence-electron chi connectivity index (χ0n) is 12.5. The fraction of sp³-hybridized carbons (Fsp3) is 0.294. The molecule has 1 aliphatic heterocycles. The van der Waals surface area contributed by atoms with Gasteiger partial charge >= 0.3 is 0 Å². The third-order valence-electron chi connectivity index (χ3n) is 3.26. The lowest BCUT2D eigenvalue weighted by Crippen LogP contribution is -2.13. The van der Waals surface area contributed by atoms with Gasteiger partial charge in [0.2, 0.25) is 6.79 Å². The lowest BCUT2D eigenvalue weighted by Gasteiger charge is -2.08. The SMILES string of the molecule is CCCNCc1ccc(Oc2ccc3c(c2)OCO3)cc1.Cl. The molecule has 2 aromatic carbocycles. The van der Waals surface area contributed by atoms with Crippen molar-refractivity contribution < 1.29 is 14.2 Å². The van der Waals surface area contributed by atoms with Gasteiger partial charge in [-0.15, -0.1) is 12.4 Å². The Morgan fingerprint density at radius 1 is 1.00 bits per heavy atom. The molecule has 22 heavy (non-hydrogen) atoms. The van der Waals surface area contributed by atoms with Crippen molar-refractivity contribution in [1.29, 1.82) is 0 Å². The Morgan fingerprint density at radius 3 is 2.50 bits per heavy atom. The van der Waals surface area contributed by atoms with E-state index in [1.807, 2.05) is 30.3 Å². The molecule has 3 rings (SSSR count). The highest BCUT2D eigenvalue weighted by Gasteiger charge is 2.13. The highest BCUT2D eigenvalue weighted by Crippen LogP contribution is 2.36. The van der Waals surface area contributed by atoms with Gasteiger partial charge in [0.25, 0.3) is 0 Å². The van der Waals surface area contributed by atoms with E-state index in [4.69, 9.17) is 14.2 Å². The van der Waals surface area contributed by atoms with Gasteiger partial charge in [-0.25, -0.2) is 0 Å². The predicted octanol–water partition coefficient (Wildman–Crippen LogP) is 4.13. The molecule has 1 N–H and O–H groups in total. The molecule has 0 saturated heterocycles. The van der Waals surface area contributed by atoms with Gasteiger partial charge in [-0.2, -0.15) is 0 Å². The van der Waals surface area contributed by atoms with Crippen LogP contribution in [0.2, 0.25) is 0 Å². The van der Waals surface area contributed by atoms with Crippen molar-refractivity contribution >= 4 is 12.4 Å². The monoisotopic (exact) mass is 321 g/mol. The molecule has 1 aliphatic rings. The minimum Gasteiger partial charge on any atom is -0.457 e. The lowest BCUT2D eigenvalue weighted by atomic mass is 10.2. The van der Waals surface area contributed by atoms with Crippen LogP contribution < -0.4 is 19.5 Å². The summed E-state index contributed by atoms with van der Waals surface area (Å²) in [5.74, 6) is 3.05. The highest BCUT2D eigenvalue weighted by atomic mass is 35.5. The summed E-state index contributed by atoms with van der Waals surface area (Å²) in [6.07, 6.45) is 1.14. The molecule has 0 unspecified atom stereocenters. The Balaban J connectivity index is 0.00000176. The molecule has 4 nitrogen and oxygen atoms in total. The Hall–Kier alpha value is -1.91. The predicted molar refractivity (Wildman–Crippen MR) is 88.3 cm³/mol. The first-order chi connectivity index (χ1) is 10.3. The molecule has 0 amide bonds. The third-order valence-corrected chi connectivity index (χ3v) is 3.26.